The summed E-state index contributed by atoms with van der Waals surface area (Å²) in [6.07, 6.45) is 1.23. The van der Waals surface area contributed by atoms with Crippen molar-refractivity contribution in [2.75, 3.05) is 11.9 Å². The van der Waals surface area contributed by atoms with E-state index in [-0.39, 0.29) is 12.5 Å². The molecule has 0 unspecified atom stereocenters. The quantitative estimate of drug-likeness (QED) is 0.759. The maximum atomic E-state index is 13.0. The van der Waals surface area contributed by atoms with E-state index in [1.54, 1.807) is 18.2 Å². The highest BCUT2D eigenvalue weighted by Crippen LogP contribution is 2.41. The summed E-state index contributed by atoms with van der Waals surface area (Å²) in [5.74, 6) is -0.793. The van der Waals surface area contributed by atoms with Gasteiger partial charge in [-0.3, -0.25) is 14.5 Å². The molecular formula is C19H16BrN3O3. The number of urea groups is 1. The number of benzene rings is 2. The van der Waals surface area contributed by atoms with E-state index in [1.807, 2.05) is 30.3 Å². The highest BCUT2D eigenvalue weighted by Gasteiger charge is 2.55. The normalized spacial score (nSPS) is 21.0. The zero-order valence-electron chi connectivity index (χ0n) is 13.8. The smallest absolute Gasteiger partial charge is 0.324 e. The largest absolute Gasteiger partial charge is 0.325 e. The molecule has 1 atom stereocenters. The Balaban J connectivity index is 1.54. The lowest BCUT2D eigenvalue weighted by Gasteiger charge is -2.22. The molecule has 2 N–H and O–H groups in total. The predicted octanol–water partition coefficient (Wildman–Crippen LogP) is 2.78. The maximum Gasteiger partial charge on any atom is 0.325 e. The number of nitrogens with one attached hydrogen (secondary N) is 2. The number of rotatable bonds is 3. The van der Waals surface area contributed by atoms with Gasteiger partial charge in [-0.1, -0.05) is 36.4 Å². The summed E-state index contributed by atoms with van der Waals surface area (Å²) in [6.45, 7) is -0.323. The third kappa shape index (κ3) is 2.59. The van der Waals surface area contributed by atoms with Crippen molar-refractivity contribution in [2.24, 2.45) is 0 Å². The Hall–Kier alpha value is -2.67. The van der Waals surface area contributed by atoms with Crippen molar-refractivity contribution in [2.45, 2.75) is 18.4 Å². The number of aryl methyl sites for hydroxylation is 1. The van der Waals surface area contributed by atoms with Crippen molar-refractivity contribution in [1.29, 1.82) is 0 Å². The van der Waals surface area contributed by atoms with E-state index in [9.17, 15) is 14.4 Å². The number of amides is 4. The average molecular weight is 414 g/mol. The van der Waals surface area contributed by atoms with Crippen molar-refractivity contribution in [1.82, 2.24) is 10.2 Å². The van der Waals surface area contributed by atoms with E-state index in [4.69, 9.17) is 0 Å². The fraction of sp³-hybridized carbons (Fsp3) is 0.211. The molecule has 0 radical (unpaired) electrons. The highest BCUT2D eigenvalue weighted by molar-refractivity contribution is 9.10. The summed E-state index contributed by atoms with van der Waals surface area (Å²) in [7, 11) is 0. The minimum absolute atomic E-state index is 0.323. The summed E-state index contributed by atoms with van der Waals surface area (Å²) < 4.78 is 0.728. The molecule has 4 amide bonds. The van der Waals surface area contributed by atoms with Crippen LogP contribution in [0.3, 0.4) is 0 Å². The fourth-order valence-electron chi connectivity index (χ4n) is 3.63. The third-order valence-electron chi connectivity index (χ3n) is 4.87. The van der Waals surface area contributed by atoms with Crippen molar-refractivity contribution in [3.05, 3.63) is 64.1 Å². The third-order valence-corrected chi connectivity index (χ3v) is 5.56. The van der Waals surface area contributed by atoms with Gasteiger partial charge in [0.25, 0.3) is 5.91 Å². The van der Waals surface area contributed by atoms with Gasteiger partial charge in [-0.15, -0.1) is 0 Å². The Morgan fingerprint density at radius 2 is 1.88 bits per heavy atom. The first-order valence-corrected chi connectivity index (χ1v) is 9.07. The first-order chi connectivity index (χ1) is 12.5. The summed E-state index contributed by atoms with van der Waals surface area (Å²) in [4.78, 5) is 38.8. The minimum Gasteiger partial charge on any atom is -0.324 e. The molecule has 1 spiro atoms. The first kappa shape index (κ1) is 16.8. The van der Waals surface area contributed by atoms with E-state index < -0.39 is 17.5 Å². The Labute approximate surface area is 158 Å². The molecule has 1 aliphatic heterocycles. The number of carbonyl (C=O) groups is 3. The molecule has 0 aromatic heterocycles. The van der Waals surface area contributed by atoms with Gasteiger partial charge in [0.15, 0.2) is 0 Å². The van der Waals surface area contributed by atoms with Crippen LogP contribution in [0.25, 0.3) is 0 Å². The van der Waals surface area contributed by atoms with Crippen LogP contribution in [0.5, 0.6) is 0 Å². The number of imide groups is 1. The highest BCUT2D eigenvalue weighted by atomic mass is 79.9. The van der Waals surface area contributed by atoms with Gasteiger partial charge in [0.1, 0.15) is 12.1 Å². The lowest BCUT2D eigenvalue weighted by Crippen LogP contribution is -2.43. The Morgan fingerprint density at radius 3 is 2.69 bits per heavy atom. The van der Waals surface area contributed by atoms with E-state index in [2.05, 4.69) is 26.6 Å². The molecular weight excluding hydrogens is 398 g/mol. The zero-order valence-corrected chi connectivity index (χ0v) is 15.4. The first-order valence-electron chi connectivity index (χ1n) is 8.28. The Bertz CT molecular complexity index is 930. The van der Waals surface area contributed by atoms with E-state index in [1.165, 1.54) is 0 Å². The molecule has 0 saturated carbocycles. The van der Waals surface area contributed by atoms with Gasteiger partial charge >= 0.3 is 6.03 Å². The molecule has 132 valence electrons. The van der Waals surface area contributed by atoms with Crippen molar-refractivity contribution in [3.63, 3.8) is 0 Å². The number of para-hydroxylation sites is 1. The molecule has 0 bridgehead atoms. The minimum atomic E-state index is -1.04. The molecule has 1 heterocycles. The molecule has 1 aliphatic carbocycles. The molecule has 2 aliphatic rings. The molecule has 26 heavy (non-hydrogen) atoms. The average Bonchev–Trinajstić information content (AvgIpc) is 3.11. The molecule has 2 aromatic rings. The van der Waals surface area contributed by atoms with Crippen LogP contribution < -0.4 is 10.6 Å². The number of carbonyl (C=O) groups excluding carboxylic acids is 3. The van der Waals surface area contributed by atoms with Gasteiger partial charge in [0.05, 0.1) is 5.69 Å². The Morgan fingerprint density at radius 1 is 1.15 bits per heavy atom. The van der Waals surface area contributed by atoms with Crippen LogP contribution in [0.15, 0.2) is 53.0 Å². The number of hydrogen-bond acceptors (Lipinski definition) is 3. The van der Waals surface area contributed by atoms with Gasteiger partial charge in [0, 0.05) is 4.47 Å². The zero-order chi connectivity index (χ0) is 18.3. The van der Waals surface area contributed by atoms with Crippen LogP contribution in [0.2, 0.25) is 0 Å². The maximum absolute atomic E-state index is 13.0. The van der Waals surface area contributed by atoms with E-state index in [0.717, 1.165) is 26.9 Å². The van der Waals surface area contributed by atoms with Gasteiger partial charge < -0.3 is 10.6 Å². The number of nitrogens with zero attached hydrogens (tertiary/aromatic N) is 1. The van der Waals surface area contributed by atoms with Gasteiger partial charge in [-0.05, 0) is 52.0 Å². The number of anilines is 1. The number of halogens is 1. The molecule has 1 fully saturated rings. The number of fused-ring (bicyclic) bond motifs is 2. The summed E-state index contributed by atoms with van der Waals surface area (Å²) >= 11 is 3.35. The van der Waals surface area contributed by atoms with Crippen LogP contribution in [-0.4, -0.2) is 29.3 Å². The second-order valence-electron chi connectivity index (χ2n) is 6.41. The molecule has 1 saturated heterocycles. The van der Waals surface area contributed by atoms with E-state index >= 15 is 0 Å². The lowest BCUT2D eigenvalue weighted by molar-refractivity contribution is -0.134. The standard InChI is InChI=1S/C19H16BrN3O3/c20-14-7-3-4-8-15(14)21-16(24)11-23-17(25)19(22-18(23)26)10-9-12-5-1-2-6-13(12)19/h1-8H,9-11H2,(H,21,24)(H,22,26)/t19-/m1/s1. The van der Waals surface area contributed by atoms with Crippen LogP contribution in [0.4, 0.5) is 10.5 Å². The van der Waals surface area contributed by atoms with E-state index in [0.29, 0.717) is 12.1 Å². The lowest BCUT2D eigenvalue weighted by atomic mass is 9.92. The summed E-state index contributed by atoms with van der Waals surface area (Å²) in [5.41, 5.74) is 1.43. The predicted molar refractivity (Wildman–Crippen MR) is 99.5 cm³/mol. The molecule has 7 heteroatoms. The number of hydrogen-bond donors (Lipinski definition) is 2. The van der Waals surface area contributed by atoms with Crippen molar-refractivity contribution >= 4 is 39.5 Å². The second-order valence-corrected chi connectivity index (χ2v) is 7.27. The second kappa shape index (κ2) is 6.25. The van der Waals surface area contributed by atoms with Crippen LogP contribution in [-0.2, 0) is 21.5 Å². The fourth-order valence-corrected chi connectivity index (χ4v) is 4.01. The van der Waals surface area contributed by atoms with Crippen LogP contribution in [0, 0.1) is 0 Å². The molecule has 6 nitrogen and oxygen atoms in total. The Kier molecular flexibility index (Phi) is 4.03. The van der Waals surface area contributed by atoms with Gasteiger partial charge in [0.2, 0.25) is 5.91 Å². The van der Waals surface area contributed by atoms with Gasteiger partial charge in [-0.25, -0.2) is 4.79 Å². The SMILES string of the molecule is O=C(CN1C(=O)N[C@@]2(CCc3ccccc32)C1=O)Nc1ccccc1Br. The van der Waals surface area contributed by atoms with Crippen molar-refractivity contribution in [3.8, 4) is 0 Å². The summed E-state index contributed by atoms with van der Waals surface area (Å²) in [5, 5.41) is 5.53. The van der Waals surface area contributed by atoms with Crippen LogP contribution >= 0.6 is 15.9 Å². The monoisotopic (exact) mass is 413 g/mol. The molecule has 4 rings (SSSR count). The summed E-state index contributed by atoms with van der Waals surface area (Å²) in [6, 6.07) is 14.2. The topological polar surface area (TPSA) is 78.5 Å². The van der Waals surface area contributed by atoms with Crippen LogP contribution in [0.1, 0.15) is 17.5 Å². The molecule has 2 aromatic carbocycles. The van der Waals surface area contributed by atoms with Crippen molar-refractivity contribution < 1.29 is 14.4 Å². The van der Waals surface area contributed by atoms with Gasteiger partial charge in [-0.2, -0.15) is 0 Å².